The molecule has 2 rings (SSSR count). The van der Waals surface area contributed by atoms with Crippen LogP contribution in [0.3, 0.4) is 0 Å². The molecule has 3 amide bonds. The lowest BCUT2D eigenvalue weighted by atomic mass is 10.0. The van der Waals surface area contributed by atoms with E-state index in [9.17, 15) is 9.59 Å². The quantitative estimate of drug-likeness (QED) is 0.729. The van der Waals surface area contributed by atoms with Crippen LogP contribution in [-0.2, 0) is 4.79 Å². The van der Waals surface area contributed by atoms with Gasteiger partial charge < -0.3 is 0 Å². The molecule has 0 radical (unpaired) electrons. The van der Waals surface area contributed by atoms with Crippen molar-refractivity contribution in [2.24, 2.45) is 0 Å². The smallest absolute Gasteiger partial charge is 0.284 e. The number of aryl methyl sites for hydroxylation is 3. The molecule has 4 nitrogen and oxygen atoms in total. The fraction of sp³-hybridized carbons (Fsp3) is 0.333. The summed E-state index contributed by atoms with van der Waals surface area (Å²) in [5.74, 6) is -0.246. The Morgan fingerprint density at radius 1 is 1.12 bits per heavy atom. The fourth-order valence-corrected chi connectivity index (χ4v) is 2.22. The number of nitrogens with one attached hydrogen (secondary N) is 1. The highest BCUT2D eigenvalue weighted by atomic mass is 16.2. The third-order valence-corrected chi connectivity index (χ3v) is 2.70. The molecule has 1 aliphatic heterocycles. The molecule has 0 aliphatic carbocycles. The molecular formula is C12H14N2O2. The maximum absolute atomic E-state index is 11.6. The molecule has 0 atom stereocenters. The molecule has 16 heavy (non-hydrogen) atoms. The van der Waals surface area contributed by atoms with Gasteiger partial charge in [-0.05, 0) is 31.9 Å². The lowest BCUT2D eigenvalue weighted by molar-refractivity contribution is -0.117. The van der Waals surface area contributed by atoms with Crippen molar-refractivity contribution in [3.05, 3.63) is 28.8 Å². The molecule has 1 aromatic rings. The number of amides is 3. The van der Waals surface area contributed by atoms with Crippen LogP contribution in [0.15, 0.2) is 12.1 Å². The topological polar surface area (TPSA) is 49.4 Å². The van der Waals surface area contributed by atoms with Crippen molar-refractivity contribution in [1.82, 2.24) is 5.32 Å². The number of nitrogens with zero attached hydrogens (tertiary/aromatic N) is 1. The van der Waals surface area contributed by atoms with Gasteiger partial charge in [0, 0.05) is 0 Å². The van der Waals surface area contributed by atoms with E-state index in [0.717, 1.165) is 22.4 Å². The Balaban J connectivity index is 2.48. The molecule has 0 spiro atoms. The number of carbonyl (C=O) groups excluding carboxylic acids is 2. The van der Waals surface area contributed by atoms with Crippen LogP contribution in [0.4, 0.5) is 10.5 Å². The highest BCUT2D eigenvalue weighted by Crippen LogP contribution is 2.27. The van der Waals surface area contributed by atoms with Crippen molar-refractivity contribution in [3.8, 4) is 0 Å². The maximum Gasteiger partial charge on any atom is 0.329 e. The molecule has 0 bridgehead atoms. The standard InChI is InChI=1S/C12H14N2O2/c1-7-4-8(2)11(9(3)5-7)14-6-10(15)13-12(14)16/h4-5H,6H2,1-3H3,(H,13,15,16). The van der Waals surface area contributed by atoms with E-state index in [-0.39, 0.29) is 18.5 Å². The van der Waals surface area contributed by atoms with Gasteiger partial charge in [0.1, 0.15) is 6.54 Å². The Kier molecular flexibility index (Phi) is 2.42. The molecule has 1 aliphatic rings. The first-order chi connectivity index (χ1) is 7.49. The van der Waals surface area contributed by atoms with Crippen LogP contribution < -0.4 is 10.2 Å². The van der Waals surface area contributed by atoms with Crippen LogP contribution in [0.2, 0.25) is 0 Å². The Bertz CT molecular complexity index is 457. The van der Waals surface area contributed by atoms with Crippen LogP contribution in [0.5, 0.6) is 0 Å². The number of carbonyl (C=O) groups is 2. The van der Waals surface area contributed by atoms with Crippen molar-refractivity contribution < 1.29 is 9.59 Å². The second-order valence-corrected chi connectivity index (χ2v) is 4.19. The predicted molar refractivity (Wildman–Crippen MR) is 61.5 cm³/mol. The molecule has 1 aromatic carbocycles. The largest absolute Gasteiger partial charge is 0.329 e. The lowest BCUT2D eigenvalue weighted by Crippen LogP contribution is -2.29. The van der Waals surface area contributed by atoms with Gasteiger partial charge in [-0.2, -0.15) is 0 Å². The third-order valence-electron chi connectivity index (χ3n) is 2.70. The summed E-state index contributed by atoms with van der Waals surface area (Å²) in [5, 5.41) is 2.28. The predicted octanol–water partition coefficient (Wildman–Crippen LogP) is 1.67. The van der Waals surface area contributed by atoms with Crippen LogP contribution >= 0.6 is 0 Å². The summed E-state index contributed by atoms with van der Waals surface area (Å²) >= 11 is 0. The van der Waals surface area contributed by atoms with Gasteiger partial charge in [-0.15, -0.1) is 0 Å². The molecule has 1 heterocycles. The van der Waals surface area contributed by atoms with Gasteiger partial charge in [-0.3, -0.25) is 15.0 Å². The molecule has 1 N–H and O–H groups in total. The second-order valence-electron chi connectivity index (χ2n) is 4.19. The monoisotopic (exact) mass is 218 g/mol. The minimum atomic E-state index is -0.333. The minimum Gasteiger partial charge on any atom is -0.284 e. The van der Waals surface area contributed by atoms with Crippen molar-refractivity contribution in [2.45, 2.75) is 20.8 Å². The summed E-state index contributed by atoms with van der Waals surface area (Å²) in [7, 11) is 0. The first-order valence-corrected chi connectivity index (χ1v) is 5.18. The zero-order valence-corrected chi connectivity index (χ0v) is 9.63. The Morgan fingerprint density at radius 2 is 1.69 bits per heavy atom. The van der Waals surface area contributed by atoms with E-state index in [4.69, 9.17) is 0 Å². The SMILES string of the molecule is Cc1cc(C)c(N2CC(=O)NC2=O)c(C)c1. The lowest BCUT2D eigenvalue weighted by Gasteiger charge is -2.19. The molecule has 0 unspecified atom stereocenters. The van der Waals surface area contributed by atoms with Gasteiger partial charge >= 0.3 is 6.03 Å². The number of anilines is 1. The Labute approximate surface area is 94.2 Å². The number of rotatable bonds is 1. The number of benzene rings is 1. The van der Waals surface area contributed by atoms with E-state index in [1.165, 1.54) is 4.90 Å². The van der Waals surface area contributed by atoms with Crippen LogP contribution in [-0.4, -0.2) is 18.5 Å². The number of urea groups is 1. The summed E-state index contributed by atoms with van der Waals surface area (Å²) in [5.41, 5.74) is 4.03. The molecule has 4 heteroatoms. The van der Waals surface area contributed by atoms with Crippen LogP contribution in [0.1, 0.15) is 16.7 Å². The zero-order chi connectivity index (χ0) is 11.9. The van der Waals surface area contributed by atoms with Crippen LogP contribution in [0.25, 0.3) is 0 Å². The van der Waals surface area contributed by atoms with Gasteiger partial charge in [-0.1, -0.05) is 17.7 Å². The summed E-state index contributed by atoms with van der Waals surface area (Å²) < 4.78 is 0. The first kappa shape index (κ1) is 10.7. The third kappa shape index (κ3) is 1.66. The Morgan fingerprint density at radius 3 is 2.12 bits per heavy atom. The highest BCUT2D eigenvalue weighted by Gasteiger charge is 2.29. The van der Waals surface area contributed by atoms with Crippen molar-refractivity contribution in [3.63, 3.8) is 0 Å². The van der Waals surface area contributed by atoms with Gasteiger partial charge in [0.05, 0.1) is 5.69 Å². The average molecular weight is 218 g/mol. The van der Waals surface area contributed by atoms with Gasteiger partial charge in [0.25, 0.3) is 0 Å². The van der Waals surface area contributed by atoms with Gasteiger partial charge in [-0.25, -0.2) is 4.79 Å². The number of imide groups is 1. The summed E-state index contributed by atoms with van der Waals surface area (Å²) in [6.45, 7) is 6.03. The molecule has 1 saturated heterocycles. The summed E-state index contributed by atoms with van der Waals surface area (Å²) in [6.07, 6.45) is 0. The van der Waals surface area contributed by atoms with E-state index in [1.54, 1.807) is 0 Å². The van der Waals surface area contributed by atoms with E-state index < -0.39 is 0 Å². The van der Waals surface area contributed by atoms with Gasteiger partial charge in [0.15, 0.2) is 0 Å². The molecule has 0 saturated carbocycles. The normalized spacial score (nSPS) is 15.6. The van der Waals surface area contributed by atoms with Gasteiger partial charge in [0.2, 0.25) is 5.91 Å². The van der Waals surface area contributed by atoms with Crippen molar-refractivity contribution in [2.75, 3.05) is 11.4 Å². The van der Waals surface area contributed by atoms with E-state index in [2.05, 4.69) is 5.32 Å². The van der Waals surface area contributed by atoms with E-state index in [0.29, 0.717) is 0 Å². The highest BCUT2D eigenvalue weighted by molar-refractivity contribution is 6.12. The molecule has 84 valence electrons. The second kappa shape index (κ2) is 3.63. The summed E-state index contributed by atoms with van der Waals surface area (Å²) in [4.78, 5) is 24.2. The minimum absolute atomic E-state index is 0.115. The molecular weight excluding hydrogens is 204 g/mol. The Hall–Kier alpha value is -1.84. The van der Waals surface area contributed by atoms with E-state index in [1.807, 2.05) is 32.9 Å². The number of hydrogen-bond donors (Lipinski definition) is 1. The zero-order valence-electron chi connectivity index (χ0n) is 9.63. The average Bonchev–Trinajstić information content (AvgIpc) is 2.43. The van der Waals surface area contributed by atoms with Crippen molar-refractivity contribution in [1.29, 1.82) is 0 Å². The molecule has 0 aromatic heterocycles. The van der Waals surface area contributed by atoms with E-state index >= 15 is 0 Å². The first-order valence-electron chi connectivity index (χ1n) is 5.18. The van der Waals surface area contributed by atoms with Crippen LogP contribution in [0, 0.1) is 20.8 Å². The maximum atomic E-state index is 11.6. The fourth-order valence-electron chi connectivity index (χ4n) is 2.22. The van der Waals surface area contributed by atoms with Crippen molar-refractivity contribution >= 4 is 17.6 Å². The molecule has 1 fully saturated rings. The number of hydrogen-bond acceptors (Lipinski definition) is 2. The summed E-state index contributed by atoms with van der Waals surface area (Å²) in [6, 6.07) is 3.69.